The fraction of sp³-hybridized carbons (Fsp3) is 0.833. The van der Waals surface area contributed by atoms with Crippen LogP contribution in [0.25, 0.3) is 0 Å². The maximum atomic E-state index is 12.6. The molecular formula is C12H20N2O5. The van der Waals surface area contributed by atoms with E-state index < -0.39 is 17.6 Å². The molecule has 0 saturated carbocycles. The number of carbonyl (C=O) groups is 2. The molecule has 2 aliphatic rings. The Bertz CT molecular complexity index is 371. The SMILES string of the molecule is CC1(C)COCCN1C(=O)N1CCOCC1C(=O)O. The fourth-order valence-corrected chi connectivity index (χ4v) is 2.41. The third-order valence-electron chi connectivity index (χ3n) is 3.54. The summed E-state index contributed by atoms with van der Waals surface area (Å²) < 4.78 is 10.5. The van der Waals surface area contributed by atoms with E-state index in [2.05, 4.69) is 0 Å². The van der Waals surface area contributed by atoms with Crippen molar-refractivity contribution in [1.82, 2.24) is 9.80 Å². The molecular weight excluding hydrogens is 252 g/mol. The predicted octanol–water partition coefficient (Wildman–Crippen LogP) is 0.00260. The quantitative estimate of drug-likeness (QED) is 0.727. The largest absolute Gasteiger partial charge is 0.480 e. The van der Waals surface area contributed by atoms with Gasteiger partial charge in [-0.2, -0.15) is 0 Å². The van der Waals surface area contributed by atoms with Gasteiger partial charge in [-0.05, 0) is 13.8 Å². The summed E-state index contributed by atoms with van der Waals surface area (Å²) in [6.07, 6.45) is 0. The molecule has 2 heterocycles. The molecule has 19 heavy (non-hydrogen) atoms. The molecule has 0 radical (unpaired) electrons. The molecule has 0 bridgehead atoms. The van der Waals surface area contributed by atoms with Crippen LogP contribution in [0, 0.1) is 0 Å². The van der Waals surface area contributed by atoms with Gasteiger partial charge < -0.3 is 24.4 Å². The van der Waals surface area contributed by atoms with E-state index in [-0.39, 0.29) is 12.6 Å². The van der Waals surface area contributed by atoms with E-state index in [1.54, 1.807) is 4.90 Å². The van der Waals surface area contributed by atoms with Crippen molar-refractivity contribution in [2.24, 2.45) is 0 Å². The zero-order valence-corrected chi connectivity index (χ0v) is 11.3. The molecule has 2 rings (SSSR count). The molecule has 1 unspecified atom stereocenters. The molecule has 0 aromatic carbocycles. The van der Waals surface area contributed by atoms with Crippen LogP contribution in [0.3, 0.4) is 0 Å². The van der Waals surface area contributed by atoms with Crippen LogP contribution in [0.15, 0.2) is 0 Å². The normalized spacial score (nSPS) is 27.2. The lowest BCUT2D eigenvalue weighted by Crippen LogP contribution is -2.63. The van der Waals surface area contributed by atoms with Crippen LogP contribution in [0.5, 0.6) is 0 Å². The maximum Gasteiger partial charge on any atom is 0.328 e. The third kappa shape index (κ3) is 2.82. The van der Waals surface area contributed by atoms with Crippen LogP contribution in [-0.2, 0) is 14.3 Å². The number of hydrogen-bond donors (Lipinski definition) is 1. The van der Waals surface area contributed by atoms with Gasteiger partial charge in [-0.25, -0.2) is 9.59 Å². The number of aliphatic carboxylic acids is 1. The topological polar surface area (TPSA) is 79.3 Å². The molecule has 0 aromatic heterocycles. The van der Waals surface area contributed by atoms with Crippen LogP contribution < -0.4 is 0 Å². The van der Waals surface area contributed by atoms with Gasteiger partial charge in [0, 0.05) is 13.1 Å². The number of amides is 2. The van der Waals surface area contributed by atoms with Crippen molar-refractivity contribution in [2.75, 3.05) is 39.5 Å². The zero-order valence-electron chi connectivity index (χ0n) is 11.3. The summed E-state index contributed by atoms with van der Waals surface area (Å²) in [6, 6.07) is -1.15. The van der Waals surface area contributed by atoms with E-state index in [0.29, 0.717) is 32.9 Å². The van der Waals surface area contributed by atoms with E-state index in [0.717, 1.165) is 0 Å². The first-order chi connectivity index (χ1) is 8.93. The summed E-state index contributed by atoms with van der Waals surface area (Å²) in [4.78, 5) is 26.8. The van der Waals surface area contributed by atoms with Gasteiger partial charge >= 0.3 is 12.0 Å². The first-order valence-corrected chi connectivity index (χ1v) is 6.40. The second-order valence-electron chi connectivity index (χ2n) is 5.42. The lowest BCUT2D eigenvalue weighted by molar-refractivity contribution is -0.148. The van der Waals surface area contributed by atoms with Crippen LogP contribution >= 0.6 is 0 Å². The average molecular weight is 272 g/mol. The van der Waals surface area contributed by atoms with Crippen molar-refractivity contribution in [3.05, 3.63) is 0 Å². The average Bonchev–Trinajstić information content (AvgIpc) is 2.37. The number of carboxylic acids is 1. The summed E-state index contributed by atoms with van der Waals surface area (Å²) in [6.45, 7) is 5.99. The maximum absolute atomic E-state index is 12.6. The van der Waals surface area contributed by atoms with Crippen molar-refractivity contribution in [2.45, 2.75) is 25.4 Å². The Balaban J connectivity index is 2.14. The summed E-state index contributed by atoms with van der Waals surface area (Å²) in [7, 11) is 0. The third-order valence-corrected chi connectivity index (χ3v) is 3.54. The predicted molar refractivity (Wildman–Crippen MR) is 65.9 cm³/mol. The van der Waals surface area contributed by atoms with Gasteiger partial charge in [0.1, 0.15) is 0 Å². The summed E-state index contributed by atoms with van der Waals surface area (Å²) in [5.74, 6) is -1.03. The summed E-state index contributed by atoms with van der Waals surface area (Å²) >= 11 is 0. The van der Waals surface area contributed by atoms with E-state index in [4.69, 9.17) is 14.6 Å². The van der Waals surface area contributed by atoms with E-state index >= 15 is 0 Å². The van der Waals surface area contributed by atoms with Gasteiger partial charge in [-0.3, -0.25) is 0 Å². The van der Waals surface area contributed by atoms with Crippen LogP contribution in [-0.4, -0.2) is 78.0 Å². The molecule has 0 aliphatic carbocycles. The van der Waals surface area contributed by atoms with Gasteiger partial charge in [0.25, 0.3) is 0 Å². The van der Waals surface area contributed by atoms with Crippen molar-refractivity contribution < 1.29 is 24.2 Å². The number of morpholine rings is 2. The number of nitrogens with zero attached hydrogens (tertiary/aromatic N) is 2. The first-order valence-electron chi connectivity index (χ1n) is 6.40. The lowest BCUT2D eigenvalue weighted by Gasteiger charge is -2.45. The molecule has 0 aromatic rings. The Morgan fingerprint density at radius 3 is 2.53 bits per heavy atom. The number of carbonyl (C=O) groups excluding carboxylic acids is 1. The highest BCUT2D eigenvalue weighted by molar-refractivity contribution is 5.83. The Morgan fingerprint density at radius 2 is 1.89 bits per heavy atom. The van der Waals surface area contributed by atoms with Gasteiger partial charge in [0.05, 0.1) is 32.0 Å². The summed E-state index contributed by atoms with van der Waals surface area (Å²) in [5, 5.41) is 9.17. The standard InChI is InChI=1S/C12H20N2O5/c1-12(2)8-19-6-4-14(12)11(17)13-3-5-18-7-9(13)10(15)16/h9H,3-8H2,1-2H3,(H,15,16). The van der Waals surface area contributed by atoms with E-state index in [1.165, 1.54) is 4.90 Å². The highest BCUT2D eigenvalue weighted by Gasteiger charge is 2.41. The first kappa shape index (κ1) is 14.1. The second kappa shape index (κ2) is 5.34. The number of carboxylic acid groups (broad SMARTS) is 1. The molecule has 7 nitrogen and oxygen atoms in total. The van der Waals surface area contributed by atoms with Crippen molar-refractivity contribution >= 4 is 12.0 Å². The van der Waals surface area contributed by atoms with Crippen LogP contribution in [0.4, 0.5) is 4.79 Å². The number of hydrogen-bond acceptors (Lipinski definition) is 4. The van der Waals surface area contributed by atoms with Crippen molar-refractivity contribution in [3.63, 3.8) is 0 Å². The minimum atomic E-state index is -1.03. The van der Waals surface area contributed by atoms with E-state index in [1.807, 2.05) is 13.8 Å². The van der Waals surface area contributed by atoms with Gasteiger partial charge in [0.2, 0.25) is 0 Å². The van der Waals surface area contributed by atoms with Crippen LogP contribution in [0.2, 0.25) is 0 Å². The van der Waals surface area contributed by atoms with Gasteiger partial charge in [0.15, 0.2) is 6.04 Å². The van der Waals surface area contributed by atoms with Gasteiger partial charge in [-0.1, -0.05) is 0 Å². The molecule has 108 valence electrons. The monoisotopic (exact) mass is 272 g/mol. The second-order valence-corrected chi connectivity index (χ2v) is 5.42. The highest BCUT2D eigenvalue weighted by atomic mass is 16.5. The smallest absolute Gasteiger partial charge is 0.328 e. The number of ether oxygens (including phenoxy) is 2. The molecule has 2 amide bonds. The Morgan fingerprint density at radius 1 is 1.21 bits per heavy atom. The zero-order chi connectivity index (χ0) is 14.0. The van der Waals surface area contributed by atoms with Crippen molar-refractivity contribution in [3.8, 4) is 0 Å². The Labute approximate surface area is 112 Å². The molecule has 1 atom stereocenters. The Kier molecular flexibility index (Phi) is 3.96. The molecule has 1 N–H and O–H groups in total. The highest BCUT2D eigenvalue weighted by Crippen LogP contribution is 2.22. The van der Waals surface area contributed by atoms with Gasteiger partial charge in [-0.15, -0.1) is 0 Å². The molecule has 2 aliphatic heterocycles. The number of urea groups is 1. The Hall–Kier alpha value is -1.34. The fourth-order valence-electron chi connectivity index (χ4n) is 2.41. The van der Waals surface area contributed by atoms with Crippen molar-refractivity contribution in [1.29, 1.82) is 0 Å². The molecule has 7 heteroatoms. The number of rotatable bonds is 1. The lowest BCUT2D eigenvalue weighted by atomic mass is 10.0. The minimum Gasteiger partial charge on any atom is -0.480 e. The molecule has 2 saturated heterocycles. The minimum absolute atomic E-state index is 0.0475. The molecule has 2 fully saturated rings. The summed E-state index contributed by atoms with van der Waals surface area (Å²) in [5.41, 5.74) is -0.420. The molecule has 0 spiro atoms. The van der Waals surface area contributed by atoms with Crippen LogP contribution in [0.1, 0.15) is 13.8 Å². The van der Waals surface area contributed by atoms with E-state index in [9.17, 15) is 9.59 Å².